The summed E-state index contributed by atoms with van der Waals surface area (Å²) in [6.45, 7) is 4.10. The molecule has 116 valence electrons. The summed E-state index contributed by atoms with van der Waals surface area (Å²) in [5.74, 6) is -0.591. The highest BCUT2D eigenvalue weighted by molar-refractivity contribution is 6.33. The molecule has 6 heteroatoms. The van der Waals surface area contributed by atoms with Crippen LogP contribution in [0, 0.1) is 5.95 Å². The van der Waals surface area contributed by atoms with Crippen LogP contribution >= 0.6 is 11.6 Å². The topological polar surface area (TPSA) is 45.4 Å². The molecule has 4 nitrogen and oxygen atoms in total. The molecule has 2 heterocycles. The number of nitrogen functional groups attached to an aromatic ring is 1. The highest BCUT2D eigenvalue weighted by Crippen LogP contribution is 2.29. The van der Waals surface area contributed by atoms with Gasteiger partial charge in [0.25, 0.3) is 0 Å². The Bertz CT molecular complexity index is 667. The van der Waals surface area contributed by atoms with Gasteiger partial charge in [-0.15, -0.1) is 0 Å². The largest absolute Gasteiger partial charge is 0.382 e. The summed E-state index contributed by atoms with van der Waals surface area (Å²) < 4.78 is 13.9. The van der Waals surface area contributed by atoms with Crippen LogP contribution in [0.25, 0.3) is 11.1 Å². The van der Waals surface area contributed by atoms with Crippen LogP contribution in [0.1, 0.15) is 0 Å². The minimum atomic E-state index is -0.603. The average Bonchev–Trinajstić information content (AvgIpc) is 2.52. The monoisotopic (exact) mass is 320 g/mol. The SMILES string of the molecule is CN1CCN(c2ccc(-c3cc(Cl)c(N)nc3F)cc2)CC1. The highest BCUT2D eigenvalue weighted by Gasteiger charge is 2.15. The first-order valence-corrected chi connectivity index (χ1v) is 7.58. The van der Waals surface area contributed by atoms with Gasteiger partial charge in [0.15, 0.2) is 0 Å². The van der Waals surface area contributed by atoms with Gasteiger partial charge in [0.05, 0.1) is 5.02 Å². The smallest absolute Gasteiger partial charge is 0.222 e. The summed E-state index contributed by atoms with van der Waals surface area (Å²) >= 11 is 5.94. The second-order valence-corrected chi connectivity index (χ2v) is 5.94. The molecule has 1 saturated heterocycles. The number of benzene rings is 1. The fraction of sp³-hybridized carbons (Fsp3) is 0.312. The molecule has 1 aromatic heterocycles. The molecule has 0 radical (unpaired) electrons. The lowest BCUT2D eigenvalue weighted by Crippen LogP contribution is -2.44. The summed E-state index contributed by atoms with van der Waals surface area (Å²) in [6.07, 6.45) is 0. The van der Waals surface area contributed by atoms with Gasteiger partial charge in [0.1, 0.15) is 5.82 Å². The standard InChI is InChI=1S/C16H18ClFN4/c1-21-6-8-22(9-7-21)12-4-2-11(3-5-12)13-10-14(17)16(19)20-15(13)18/h2-5,10H,6-9H2,1H3,(H2,19,20). The Balaban J connectivity index is 1.84. The number of halogens is 2. The molecule has 0 aliphatic carbocycles. The number of hydrogen-bond acceptors (Lipinski definition) is 4. The van der Waals surface area contributed by atoms with Crippen LogP contribution in [0.15, 0.2) is 30.3 Å². The molecule has 1 aliphatic heterocycles. The van der Waals surface area contributed by atoms with E-state index in [-0.39, 0.29) is 10.8 Å². The predicted octanol–water partition coefficient (Wildman–Crippen LogP) is 2.88. The number of nitrogens with zero attached hydrogens (tertiary/aromatic N) is 3. The van der Waals surface area contributed by atoms with Gasteiger partial charge >= 0.3 is 0 Å². The van der Waals surface area contributed by atoms with E-state index in [1.165, 1.54) is 6.07 Å². The number of likely N-dealkylation sites (N-methyl/N-ethyl adjacent to an activating group) is 1. The molecule has 2 aromatic rings. The fourth-order valence-electron chi connectivity index (χ4n) is 2.60. The predicted molar refractivity (Wildman–Crippen MR) is 88.8 cm³/mol. The number of anilines is 2. The van der Waals surface area contributed by atoms with Crippen molar-refractivity contribution in [1.29, 1.82) is 0 Å². The van der Waals surface area contributed by atoms with Crippen LogP contribution in [0.2, 0.25) is 5.02 Å². The molecular formula is C16H18ClFN4. The molecular weight excluding hydrogens is 303 g/mol. The van der Waals surface area contributed by atoms with Gasteiger partial charge in [-0.25, -0.2) is 4.98 Å². The first-order chi connectivity index (χ1) is 10.5. The maximum atomic E-state index is 13.9. The molecule has 0 unspecified atom stereocenters. The van der Waals surface area contributed by atoms with Crippen LogP contribution in [0.4, 0.5) is 15.9 Å². The third kappa shape index (κ3) is 3.00. The fourth-order valence-corrected chi connectivity index (χ4v) is 2.75. The Hall–Kier alpha value is -1.85. The van der Waals surface area contributed by atoms with Gasteiger partial charge in [0, 0.05) is 37.4 Å². The van der Waals surface area contributed by atoms with Crippen molar-refractivity contribution in [2.45, 2.75) is 0 Å². The lowest BCUT2D eigenvalue weighted by Gasteiger charge is -2.34. The number of rotatable bonds is 2. The van der Waals surface area contributed by atoms with Gasteiger partial charge in [-0.1, -0.05) is 23.7 Å². The first-order valence-electron chi connectivity index (χ1n) is 7.20. The second kappa shape index (κ2) is 6.10. The van der Waals surface area contributed by atoms with E-state index < -0.39 is 5.95 Å². The van der Waals surface area contributed by atoms with Crippen molar-refractivity contribution < 1.29 is 4.39 Å². The molecule has 0 amide bonds. The van der Waals surface area contributed by atoms with E-state index in [0.29, 0.717) is 5.56 Å². The summed E-state index contributed by atoms with van der Waals surface area (Å²) in [7, 11) is 2.13. The summed E-state index contributed by atoms with van der Waals surface area (Å²) in [5, 5.41) is 0.263. The molecule has 3 rings (SSSR count). The minimum absolute atomic E-state index is 0.0111. The number of aromatic nitrogens is 1. The number of hydrogen-bond donors (Lipinski definition) is 1. The van der Waals surface area contributed by atoms with Crippen LogP contribution in [0.3, 0.4) is 0 Å². The number of piperazine rings is 1. The third-order valence-electron chi connectivity index (χ3n) is 4.00. The molecule has 22 heavy (non-hydrogen) atoms. The quantitative estimate of drug-likeness (QED) is 0.864. The molecule has 1 aliphatic rings. The van der Waals surface area contributed by atoms with Gasteiger partial charge in [-0.3, -0.25) is 0 Å². The molecule has 0 atom stereocenters. The molecule has 2 N–H and O–H groups in total. The van der Waals surface area contributed by atoms with Gasteiger partial charge < -0.3 is 15.5 Å². The molecule has 1 fully saturated rings. The van der Waals surface area contributed by atoms with E-state index in [4.69, 9.17) is 17.3 Å². The van der Waals surface area contributed by atoms with Gasteiger partial charge in [-0.05, 0) is 30.8 Å². The van der Waals surface area contributed by atoms with E-state index in [1.807, 2.05) is 24.3 Å². The van der Waals surface area contributed by atoms with E-state index >= 15 is 0 Å². The lowest BCUT2D eigenvalue weighted by atomic mass is 10.1. The summed E-state index contributed by atoms with van der Waals surface area (Å²) in [4.78, 5) is 8.27. The van der Waals surface area contributed by atoms with Crippen molar-refractivity contribution in [3.63, 3.8) is 0 Å². The Kier molecular flexibility index (Phi) is 4.18. The van der Waals surface area contributed by atoms with Crippen molar-refractivity contribution >= 4 is 23.1 Å². The lowest BCUT2D eigenvalue weighted by molar-refractivity contribution is 0.313. The Morgan fingerprint density at radius 1 is 1.14 bits per heavy atom. The zero-order valence-electron chi connectivity index (χ0n) is 12.4. The first kappa shape index (κ1) is 15.1. The second-order valence-electron chi connectivity index (χ2n) is 5.53. The molecule has 0 spiro atoms. The highest BCUT2D eigenvalue weighted by atomic mass is 35.5. The maximum Gasteiger partial charge on any atom is 0.222 e. The molecule has 1 aromatic carbocycles. The van der Waals surface area contributed by atoms with Crippen LogP contribution in [-0.2, 0) is 0 Å². The number of nitrogens with two attached hydrogens (primary N) is 1. The zero-order chi connectivity index (χ0) is 15.7. The van der Waals surface area contributed by atoms with E-state index in [0.717, 1.165) is 37.4 Å². The minimum Gasteiger partial charge on any atom is -0.382 e. The van der Waals surface area contributed by atoms with Crippen molar-refractivity contribution in [2.75, 3.05) is 43.9 Å². The Labute approximate surface area is 134 Å². The third-order valence-corrected chi connectivity index (χ3v) is 4.31. The molecule has 0 bridgehead atoms. The van der Waals surface area contributed by atoms with E-state index in [1.54, 1.807) is 0 Å². The Morgan fingerprint density at radius 3 is 2.41 bits per heavy atom. The summed E-state index contributed by atoms with van der Waals surface area (Å²) in [5.41, 5.74) is 7.76. The average molecular weight is 321 g/mol. The van der Waals surface area contributed by atoms with E-state index in [9.17, 15) is 4.39 Å². The van der Waals surface area contributed by atoms with Gasteiger partial charge in [0.2, 0.25) is 5.95 Å². The van der Waals surface area contributed by atoms with Crippen molar-refractivity contribution in [2.24, 2.45) is 0 Å². The normalized spacial score (nSPS) is 16.0. The van der Waals surface area contributed by atoms with Crippen LogP contribution in [0.5, 0.6) is 0 Å². The maximum absolute atomic E-state index is 13.9. The van der Waals surface area contributed by atoms with Gasteiger partial charge in [-0.2, -0.15) is 4.39 Å². The van der Waals surface area contributed by atoms with Crippen LogP contribution in [-0.4, -0.2) is 43.1 Å². The van der Waals surface area contributed by atoms with Crippen molar-refractivity contribution in [3.05, 3.63) is 41.3 Å². The molecule has 0 saturated carbocycles. The van der Waals surface area contributed by atoms with Crippen LogP contribution < -0.4 is 10.6 Å². The number of pyridine rings is 1. The zero-order valence-corrected chi connectivity index (χ0v) is 13.1. The van der Waals surface area contributed by atoms with E-state index in [2.05, 4.69) is 21.8 Å². The Morgan fingerprint density at radius 2 is 1.77 bits per heavy atom. The van der Waals surface area contributed by atoms with Crippen molar-refractivity contribution in [3.8, 4) is 11.1 Å². The van der Waals surface area contributed by atoms with Crippen molar-refractivity contribution in [1.82, 2.24) is 9.88 Å². The summed E-state index contributed by atoms with van der Waals surface area (Å²) in [6, 6.07) is 9.30.